The van der Waals surface area contributed by atoms with Crippen LogP contribution < -0.4 is 14.8 Å². The zero-order chi connectivity index (χ0) is 20.0. The summed E-state index contributed by atoms with van der Waals surface area (Å²) in [5, 5.41) is 2.90. The summed E-state index contributed by atoms with van der Waals surface area (Å²) >= 11 is 0. The smallest absolute Gasteiger partial charge is 0.259 e. The van der Waals surface area contributed by atoms with Gasteiger partial charge in [0.05, 0.1) is 7.11 Å². The lowest BCUT2D eigenvalue weighted by atomic mass is 10.1. The minimum Gasteiger partial charge on any atom is -0.493 e. The van der Waals surface area contributed by atoms with Crippen LogP contribution in [0.3, 0.4) is 0 Å². The molecule has 0 saturated heterocycles. The van der Waals surface area contributed by atoms with Crippen molar-refractivity contribution in [2.24, 2.45) is 0 Å². The molecule has 0 atom stereocenters. The number of aryl methyl sites for hydroxylation is 2. The summed E-state index contributed by atoms with van der Waals surface area (Å²) in [4.78, 5) is 25.4. The van der Waals surface area contributed by atoms with Crippen LogP contribution in [0.5, 0.6) is 11.5 Å². The molecule has 0 bridgehead atoms. The molecular weight excluding hydrogens is 344 g/mol. The van der Waals surface area contributed by atoms with E-state index in [0.29, 0.717) is 23.6 Å². The van der Waals surface area contributed by atoms with Gasteiger partial charge in [-0.15, -0.1) is 0 Å². The van der Waals surface area contributed by atoms with Gasteiger partial charge in [0.1, 0.15) is 0 Å². The molecule has 2 amide bonds. The minimum absolute atomic E-state index is 0.0633. The number of ether oxygens (including phenoxy) is 2. The van der Waals surface area contributed by atoms with Gasteiger partial charge in [0.25, 0.3) is 11.8 Å². The number of hydrogen-bond acceptors (Lipinski definition) is 4. The van der Waals surface area contributed by atoms with Crippen molar-refractivity contribution >= 4 is 11.8 Å². The normalized spacial score (nSPS) is 10.3. The van der Waals surface area contributed by atoms with Gasteiger partial charge in [0.2, 0.25) is 0 Å². The Hall–Kier alpha value is -3.02. The molecule has 2 aromatic carbocycles. The van der Waals surface area contributed by atoms with Crippen molar-refractivity contribution in [2.45, 2.75) is 20.4 Å². The first-order valence-corrected chi connectivity index (χ1v) is 8.67. The van der Waals surface area contributed by atoms with Crippen LogP contribution in [-0.4, -0.2) is 44.5 Å². The number of methoxy groups -OCH3 is 1. The topological polar surface area (TPSA) is 67.9 Å². The zero-order valence-corrected chi connectivity index (χ0v) is 16.5. The van der Waals surface area contributed by atoms with Gasteiger partial charge in [-0.2, -0.15) is 0 Å². The number of nitrogens with zero attached hydrogens (tertiary/aromatic N) is 1. The predicted octanol–water partition coefficient (Wildman–Crippen LogP) is 2.71. The second-order valence-corrected chi connectivity index (χ2v) is 6.54. The van der Waals surface area contributed by atoms with E-state index in [1.807, 2.05) is 38.1 Å². The van der Waals surface area contributed by atoms with Gasteiger partial charge < -0.3 is 19.7 Å². The van der Waals surface area contributed by atoms with E-state index in [1.165, 1.54) is 12.0 Å². The summed E-state index contributed by atoms with van der Waals surface area (Å²) in [5.41, 5.74) is 3.74. The highest BCUT2D eigenvalue weighted by molar-refractivity contribution is 5.94. The molecule has 0 unspecified atom stereocenters. The number of carbonyl (C=O) groups excluding carboxylic acids is 2. The summed E-state index contributed by atoms with van der Waals surface area (Å²) in [6, 6.07) is 11.0. The molecule has 0 saturated carbocycles. The van der Waals surface area contributed by atoms with Crippen molar-refractivity contribution in [3.63, 3.8) is 0 Å². The Morgan fingerprint density at radius 1 is 1.00 bits per heavy atom. The highest BCUT2D eigenvalue weighted by Crippen LogP contribution is 2.28. The van der Waals surface area contributed by atoms with Gasteiger partial charge in [-0.05, 0) is 54.8 Å². The van der Waals surface area contributed by atoms with Crippen LogP contribution in [0, 0.1) is 13.8 Å². The second kappa shape index (κ2) is 9.07. The summed E-state index contributed by atoms with van der Waals surface area (Å²) < 4.78 is 10.9. The van der Waals surface area contributed by atoms with Crippen molar-refractivity contribution in [3.05, 3.63) is 58.7 Å². The molecule has 0 aliphatic rings. The van der Waals surface area contributed by atoms with E-state index in [9.17, 15) is 9.59 Å². The van der Waals surface area contributed by atoms with Crippen LogP contribution in [-0.2, 0) is 11.3 Å². The molecule has 1 N–H and O–H groups in total. The maximum absolute atomic E-state index is 12.3. The van der Waals surface area contributed by atoms with Crippen LogP contribution in [0.15, 0.2) is 36.4 Å². The predicted molar refractivity (Wildman–Crippen MR) is 104 cm³/mol. The molecular formula is C21H26N2O4. The van der Waals surface area contributed by atoms with Crippen LogP contribution >= 0.6 is 0 Å². The number of carbonyl (C=O) groups is 2. The Balaban J connectivity index is 2.01. The Morgan fingerprint density at radius 3 is 2.37 bits per heavy atom. The molecule has 2 aromatic rings. The number of hydrogen-bond donors (Lipinski definition) is 1. The van der Waals surface area contributed by atoms with Gasteiger partial charge in [0, 0.05) is 26.2 Å². The fourth-order valence-electron chi connectivity index (χ4n) is 2.38. The summed E-state index contributed by atoms with van der Waals surface area (Å²) in [7, 11) is 4.88. The molecule has 144 valence electrons. The molecule has 0 fully saturated rings. The van der Waals surface area contributed by atoms with Crippen LogP contribution in [0.4, 0.5) is 0 Å². The lowest BCUT2D eigenvalue weighted by Crippen LogP contribution is -2.27. The third-order valence-corrected chi connectivity index (χ3v) is 4.30. The molecule has 0 aromatic heterocycles. The first-order valence-electron chi connectivity index (χ1n) is 8.67. The van der Waals surface area contributed by atoms with E-state index in [1.54, 1.807) is 26.2 Å². The van der Waals surface area contributed by atoms with Gasteiger partial charge in [-0.3, -0.25) is 9.59 Å². The SMILES string of the molecule is COc1cc(CNC(=O)c2ccc(C)c(C)c2)ccc1OCC(=O)N(C)C. The second-order valence-electron chi connectivity index (χ2n) is 6.54. The number of benzene rings is 2. The monoisotopic (exact) mass is 370 g/mol. The van der Waals surface area contributed by atoms with Crippen LogP contribution in [0.25, 0.3) is 0 Å². The van der Waals surface area contributed by atoms with Crippen molar-refractivity contribution in [1.29, 1.82) is 0 Å². The number of nitrogens with one attached hydrogen (secondary N) is 1. The van der Waals surface area contributed by atoms with E-state index in [-0.39, 0.29) is 18.4 Å². The van der Waals surface area contributed by atoms with E-state index < -0.39 is 0 Å². The number of rotatable bonds is 7. The van der Waals surface area contributed by atoms with E-state index >= 15 is 0 Å². The molecule has 6 nitrogen and oxygen atoms in total. The minimum atomic E-state index is -0.137. The lowest BCUT2D eigenvalue weighted by Gasteiger charge is -2.14. The zero-order valence-electron chi connectivity index (χ0n) is 16.5. The van der Waals surface area contributed by atoms with Gasteiger partial charge in [-0.25, -0.2) is 0 Å². The maximum atomic E-state index is 12.3. The fraction of sp³-hybridized carbons (Fsp3) is 0.333. The Labute approximate surface area is 160 Å². The molecule has 0 radical (unpaired) electrons. The van der Waals surface area contributed by atoms with Gasteiger partial charge >= 0.3 is 0 Å². The van der Waals surface area contributed by atoms with Gasteiger partial charge in [0.15, 0.2) is 18.1 Å². The largest absolute Gasteiger partial charge is 0.493 e. The Kier molecular flexibility index (Phi) is 6.82. The first-order chi connectivity index (χ1) is 12.8. The van der Waals surface area contributed by atoms with Crippen LogP contribution in [0.2, 0.25) is 0 Å². The molecule has 0 aliphatic heterocycles. The molecule has 0 spiro atoms. The standard InChI is InChI=1S/C21H26N2O4/c1-14-6-8-17(10-15(14)2)21(25)22-12-16-7-9-18(19(11-16)26-5)27-13-20(24)23(3)4/h6-11H,12-13H2,1-5H3,(H,22,25). The van der Waals surface area contributed by atoms with Crippen molar-refractivity contribution in [3.8, 4) is 11.5 Å². The lowest BCUT2D eigenvalue weighted by molar-refractivity contribution is -0.130. The highest BCUT2D eigenvalue weighted by Gasteiger charge is 2.11. The highest BCUT2D eigenvalue weighted by atomic mass is 16.5. The maximum Gasteiger partial charge on any atom is 0.259 e. The van der Waals surface area contributed by atoms with Crippen LogP contribution in [0.1, 0.15) is 27.0 Å². The average molecular weight is 370 g/mol. The molecule has 0 aliphatic carbocycles. The number of amides is 2. The van der Waals surface area contributed by atoms with E-state index in [4.69, 9.17) is 9.47 Å². The van der Waals surface area contributed by atoms with Crippen molar-refractivity contribution < 1.29 is 19.1 Å². The van der Waals surface area contributed by atoms with E-state index in [2.05, 4.69) is 5.32 Å². The Morgan fingerprint density at radius 2 is 1.74 bits per heavy atom. The fourth-order valence-corrected chi connectivity index (χ4v) is 2.38. The summed E-state index contributed by atoms with van der Waals surface area (Å²) in [5.74, 6) is 0.729. The quantitative estimate of drug-likeness (QED) is 0.814. The third kappa shape index (κ3) is 5.48. The van der Waals surface area contributed by atoms with Crippen molar-refractivity contribution in [2.75, 3.05) is 27.8 Å². The molecule has 6 heteroatoms. The summed E-state index contributed by atoms with van der Waals surface area (Å²) in [6.07, 6.45) is 0. The first kappa shape index (κ1) is 20.3. The third-order valence-electron chi connectivity index (χ3n) is 4.30. The Bertz CT molecular complexity index is 831. The molecule has 0 heterocycles. The number of likely N-dealkylation sites (N-methyl/N-ethyl adjacent to an activating group) is 1. The summed E-state index contributed by atoms with van der Waals surface area (Å²) in [6.45, 7) is 4.29. The van der Waals surface area contributed by atoms with E-state index in [0.717, 1.165) is 16.7 Å². The molecule has 2 rings (SSSR count). The van der Waals surface area contributed by atoms with Gasteiger partial charge in [-0.1, -0.05) is 12.1 Å². The van der Waals surface area contributed by atoms with Crippen molar-refractivity contribution in [1.82, 2.24) is 10.2 Å². The molecule has 27 heavy (non-hydrogen) atoms. The average Bonchev–Trinajstić information content (AvgIpc) is 2.66.